The number of nitrogens with zero attached hydrogens (tertiary/aromatic N) is 1. The minimum atomic E-state index is 0.514. The Morgan fingerprint density at radius 1 is 0.875 bits per heavy atom. The Bertz CT molecular complexity index is 748. The van der Waals surface area contributed by atoms with Gasteiger partial charge in [0.1, 0.15) is 5.75 Å². The number of rotatable bonds is 6. The minimum Gasteiger partial charge on any atom is -0.497 e. The molecule has 0 unspecified atom stereocenters. The highest BCUT2D eigenvalue weighted by atomic mass is 16.5. The second kappa shape index (κ2) is 7.93. The van der Waals surface area contributed by atoms with Crippen LogP contribution in [0.1, 0.15) is 11.1 Å². The van der Waals surface area contributed by atoms with Crippen LogP contribution in [0.15, 0.2) is 36.4 Å². The van der Waals surface area contributed by atoms with Gasteiger partial charge in [-0.3, -0.25) is 0 Å². The first-order valence-electron chi connectivity index (χ1n) is 7.23. The predicted molar refractivity (Wildman–Crippen MR) is 92.6 cm³/mol. The van der Waals surface area contributed by atoms with Gasteiger partial charge >= 0.3 is 0 Å². The van der Waals surface area contributed by atoms with Crippen molar-refractivity contribution in [3.05, 3.63) is 47.5 Å². The summed E-state index contributed by atoms with van der Waals surface area (Å²) in [7, 11) is 6.26. The maximum absolute atomic E-state index is 9.48. The largest absolute Gasteiger partial charge is 0.497 e. The van der Waals surface area contributed by atoms with E-state index in [0.717, 1.165) is 16.9 Å². The Labute approximate surface area is 141 Å². The van der Waals surface area contributed by atoms with Crippen LogP contribution >= 0.6 is 0 Å². The molecule has 5 heteroatoms. The third-order valence-electron chi connectivity index (χ3n) is 3.52. The first kappa shape index (κ1) is 17.2. The number of methoxy groups -OCH3 is 4. The van der Waals surface area contributed by atoms with Crippen molar-refractivity contribution in [2.24, 2.45) is 0 Å². The van der Waals surface area contributed by atoms with Crippen LogP contribution in [-0.2, 0) is 0 Å². The normalized spacial score (nSPS) is 10.7. The fraction of sp³-hybridized carbons (Fsp3) is 0.211. The number of benzene rings is 2. The van der Waals surface area contributed by atoms with Gasteiger partial charge in [0.2, 0.25) is 5.75 Å². The molecule has 124 valence electrons. The molecule has 0 atom stereocenters. The summed E-state index contributed by atoms with van der Waals surface area (Å²) in [6, 6.07) is 13.1. The van der Waals surface area contributed by atoms with Crippen LogP contribution in [-0.4, -0.2) is 28.4 Å². The van der Waals surface area contributed by atoms with Gasteiger partial charge in [0.25, 0.3) is 0 Å². The number of hydrogen-bond donors (Lipinski definition) is 0. The van der Waals surface area contributed by atoms with Crippen molar-refractivity contribution in [3.8, 4) is 29.1 Å². The zero-order valence-electron chi connectivity index (χ0n) is 14.1. The maximum Gasteiger partial charge on any atom is 0.203 e. The van der Waals surface area contributed by atoms with Crippen LogP contribution in [0.3, 0.4) is 0 Å². The van der Waals surface area contributed by atoms with Gasteiger partial charge in [0.05, 0.1) is 40.1 Å². The smallest absolute Gasteiger partial charge is 0.203 e. The topological polar surface area (TPSA) is 60.7 Å². The molecule has 2 rings (SSSR count). The van der Waals surface area contributed by atoms with Gasteiger partial charge in [0.15, 0.2) is 11.5 Å². The van der Waals surface area contributed by atoms with Gasteiger partial charge in [-0.2, -0.15) is 5.26 Å². The molecule has 2 aromatic carbocycles. The van der Waals surface area contributed by atoms with Crippen molar-refractivity contribution in [3.63, 3.8) is 0 Å². The number of allylic oxidation sites excluding steroid dienone is 1. The van der Waals surface area contributed by atoms with E-state index < -0.39 is 0 Å². The lowest BCUT2D eigenvalue weighted by molar-refractivity contribution is 0.324. The Hall–Kier alpha value is -3.13. The number of ether oxygens (including phenoxy) is 4. The third kappa shape index (κ3) is 3.61. The molecular weight excluding hydrogens is 306 g/mol. The highest BCUT2D eigenvalue weighted by Crippen LogP contribution is 2.39. The van der Waals surface area contributed by atoms with Crippen molar-refractivity contribution in [2.45, 2.75) is 0 Å². The molecule has 0 saturated heterocycles. The van der Waals surface area contributed by atoms with Crippen LogP contribution in [0.5, 0.6) is 23.0 Å². The summed E-state index contributed by atoms with van der Waals surface area (Å²) in [5.74, 6) is 2.33. The van der Waals surface area contributed by atoms with E-state index in [1.165, 1.54) is 0 Å². The van der Waals surface area contributed by atoms with E-state index in [-0.39, 0.29) is 0 Å². The van der Waals surface area contributed by atoms with Gasteiger partial charge in [-0.25, -0.2) is 0 Å². The first-order valence-corrected chi connectivity index (χ1v) is 7.23. The summed E-state index contributed by atoms with van der Waals surface area (Å²) < 4.78 is 21.1. The molecule has 0 amide bonds. The second-order valence-electron chi connectivity index (χ2n) is 4.86. The van der Waals surface area contributed by atoms with Crippen LogP contribution in [0.4, 0.5) is 0 Å². The van der Waals surface area contributed by atoms with E-state index in [1.807, 2.05) is 24.3 Å². The standard InChI is InChI=1S/C19H19NO4/c1-21-16-7-5-14(6-8-16)15(12-20)9-13-10-17(22-2)19(24-4)18(11-13)23-3/h5-11H,1-4H3/b15-9+. The molecule has 0 bridgehead atoms. The molecule has 0 aliphatic heterocycles. The van der Waals surface area contributed by atoms with E-state index in [2.05, 4.69) is 6.07 Å². The van der Waals surface area contributed by atoms with E-state index in [1.54, 1.807) is 46.6 Å². The minimum absolute atomic E-state index is 0.514. The highest BCUT2D eigenvalue weighted by Gasteiger charge is 2.13. The van der Waals surface area contributed by atoms with Crippen LogP contribution < -0.4 is 18.9 Å². The maximum atomic E-state index is 9.48. The average Bonchev–Trinajstić information content (AvgIpc) is 2.65. The molecule has 0 aliphatic rings. The molecule has 0 aromatic heterocycles. The lowest BCUT2D eigenvalue weighted by atomic mass is 10.0. The van der Waals surface area contributed by atoms with Gasteiger partial charge in [-0.1, -0.05) is 0 Å². The van der Waals surface area contributed by atoms with Gasteiger partial charge in [0, 0.05) is 0 Å². The Kier molecular flexibility index (Phi) is 5.69. The van der Waals surface area contributed by atoms with Crippen molar-refractivity contribution < 1.29 is 18.9 Å². The summed E-state index contributed by atoms with van der Waals surface area (Å²) in [6.45, 7) is 0. The van der Waals surface area contributed by atoms with Crippen LogP contribution in [0.25, 0.3) is 11.6 Å². The monoisotopic (exact) mass is 325 g/mol. The molecule has 0 spiro atoms. The molecule has 0 heterocycles. The summed E-state index contributed by atoms with van der Waals surface area (Å²) in [5.41, 5.74) is 2.09. The third-order valence-corrected chi connectivity index (χ3v) is 3.52. The van der Waals surface area contributed by atoms with Crippen molar-refractivity contribution >= 4 is 11.6 Å². The molecule has 2 aromatic rings. The number of hydrogen-bond acceptors (Lipinski definition) is 5. The molecule has 0 radical (unpaired) electrons. The molecule has 0 fully saturated rings. The van der Waals surface area contributed by atoms with Gasteiger partial charge < -0.3 is 18.9 Å². The molecule has 24 heavy (non-hydrogen) atoms. The summed E-state index contributed by atoms with van der Waals surface area (Å²) in [4.78, 5) is 0. The lowest BCUT2D eigenvalue weighted by Gasteiger charge is -2.13. The fourth-order valence-corrected chi connectivity index (χ4v) is 2.30. The van der Waals surface area contributed by atoms with Crippen molar-refractivity contribution in [1.29, 1.82) is 5.26 Å². The summed E-state index contributed by atoms with van der Waals surface area (Å²) in [6.07, 6.45) is 1.77. The quantitative estimate of drug-likeness (QED) is 0.597. The summed E-state index contributed by atoms with van der Waals surface area (Å²) >= 11 is 0. The second-order valence-corrected chi connectivity index (χ2v) is 4.86. The van der Waals surface area contributed by atoms with Crippen LogP contribution in [0, 0.1) is 11.3 Å². The molecule has 5 nitrogen and oxygen atoms in total. The van der Waals surface area contributed by atoms with Crippen molar-refractivity contribution in [2.75, 3.05) is 28.4 Å². The van der Waals surface area contributed by atoms with E-state index >= 15 is 0 Å². The molecule has 0 N–H and O–H groups in total. The fourth-order valence-electron chi connectivity index (χ4n) is 2.30. The van der Waals surface area contributed by atoms with E-state index in [9.17, 15) is 5.26 Å². The predicted octanol–water partition coefficient (Wildman–Crippen LogP) is 3.79. The Morgan fingerprint density at radius 3 is 1.88 bits per heavy atom. The van der Waals surface area contributed by atoms with Crippen LogP contribution in [0.2, 0.25) is 0 Å². The molecule has 0 aliphatic carbocycles. The molecular formula is C19H19NO4. The van der Waals surface area contributed by atoms with Crippen molar-refractivity contribution in [1.82, 2.24) is 0 Å². The Balaban J connectivity index is 2.48. The highest BCUT2D eigenvalue weighted by molar-refractivity contribution is 5.90. The first-order chi connectivity index (χ1) is 11.7. The SMILES string of the molecule is COc1ccc(/C(C#N)=C/c2cc(OC)c(OC)c(OC)c2)cc1. The summed E-state index contributed by atoms with van der Waals surface area (Å²) in [5, 5.41) is 9.48. The number of nitriles is 1. The zero-order chi connectivity index (χ0) is 17.5. The molecule has 0 saturated carbocycles. The Morgan fingerprint density at radius 2 is 1.46 bits per heavy atom. The van der Waals surface area contributed by atoms with Gasteiger partial charge in [-0.05, 0) is 53.6 Å². The van der Waals surface area contributed by atoms with E-state index in [4.69, 9.17) is 18.9 Å². The van der Waals surface area contributed by atoms with Gasteiger partial charge in [-0.15, -0.1) is 0 Å². The lowest BCUT2D eigenvalue weighted by Crippen LogP contribution is -1.95. The zero-order valence-corrected chi connectivity index (χ0v) is 14.1. The average molecular weight is 325 g/mol. The van der Waals surface area contributed by atoms with E-state index in [0.29, 0.717) is 22.8 Å².